The topological polar surface area (TPSA) is 48.1 Å². The monoisotopic (exact) mass is 218 g/mol. The second-order valence-corrected chi connectivity index (χ2v) is 3.50. The van der Waals surface area contributed by atoms with Crippen molar-refractivity contribution < 1.29 is 4.74 Å². The molecule has 1 rings (SSSR count). The van der Waals surface area contributed by atoms with E-state index in [1.54, 1.807) is 6.08 Å². The molecule has 0 aliphatic carbocycles. The third-order valence-electron chi connectivity index (χ3n) is 2.05. The number of hydrogen-bond donors (Lipinski definition) is 1. The van der Waals surface area contributed by atoms with Gasteiger partial charge in [-0.05, 0) is 13.0 Å². The number of hydrogen-bond acceptors (Lipinski definition) is 3. The lowest BCUT2D eigenvalue weighted by atomic mass is 10.2. The molecule has 0 fully saturated rings. The highest BCUT2D eigenvalue weighted by atomic mass is 16.5. The fraction of sp³-hybridized carbons (Fsp3) is 0.308. The van der Waals surface area contributed by atoms with Crippen molar-refractivity contribution in [2.24, 2.45) is 5.73 Å². The van der Waals surface area contributed by atoms with Gasteiger partial charge in [-0.2, -0.15) is 0 Å². The Morgan fingerprint density at radius 1 is 1.56 bits per heavy atom. The Kier molecular flexibility index (Phi) is 5.29. The number of ether oxygens (including phenoxy) is 1. The van der Waals surface area contributed by atoms with Gasteiger partial charge in [0.1, 0.15) is 6.10 Å². The number of pyridine rings is 1. The molecule has 0 saturated heterocycles. The Morgan fingerprint density at radius 3 is 3.06 bits per heavy atom. The maximum atomic E-state index is 5.65. The van der Waals surface area contributed by atoms with Gasteiger partial charge < -0.3 is 10.5 Å². The lowest BCUT2D eigenvalue weighted by Crippen LogP contribution is -2.12. The molecule has 1 aromatic rings. The Labute approximate surface area is 96.6 Å². The molecule has 1 aromatic heterocycles. The van der Waals surface area contributed by atoms with E-state index in [4.69, 9.17) is 10.5 Å². The van der Waals surface area contributed by atoms with Gasteiger partial charge in [0.05, 0.1) is 5.69 Å². The van der Waals surface area contributed by atoms with Crippen LogP contribution in [0.25, 0.3) is 0 Å². The smallest absolute Gasteiger partial charge is 0.213 e. The first kappa shape index (κ1) is 12.5. The van der Waals surface area contributed by atoms with Crippen molar-refractivity contribution >= 4 is 0 Å². The highest BCUT2D eigenvalue weighted by molar-refractivity contribution is 5.16. The van der Waals surface area contributed by atoms with E-state index in [1.165, 1.54) is 0 Å². The molecule has 0 saturated carbocycles. The number of rotatable bonds is 6. The van der Waals surface area contributed by atoms with E-state index < -0.39 is 0 Å². The summed E-state index contributed by atoms with van der Waals surface area (Å²) < 4.78 is 5.65. The van der Waals surface area contributed by atoms with Crippen molar-refractivity contribution in [1.29, 1.82) is 0 Å². The molecule has 0 spiro atoms. The normalized spacial score (nSPS) is 12.6. The third kappa shape index (κ3) is 4.28. The molecule has 0 aliphatic heterocycles. The van der Waals surface area contributed by atoms with E-state index >= 15 is 0 Å². The average molecular weight is 218 g/mol. The molecular weight excluding hydrogens is 200 g/mol. The van der Waals surface area contributed by atoms with Crippen LogP contribution in [-0.4, -0.2) is 11.1 Å². The van der Waals surface area contributed by atoms with Crippen LogP contribution in [0.5, 0.6) is 5.88 Å². The predicted octanol–water partition coefficient (Wildman–Crippen LogP) is 2.44. The largest absolute Gasteiger partial charge is 0.474 e. The fourth-order valence-electron chi connectivity index (χ4n) is 1.26. The summed E-state index contributed by atoms with van der Waals surface area (Å²) in [5, 5.41) is 0. The number of nitrogens with zero attached hydrogens (tertiary/aromatic N) is 1. The van der Waals surface area contributed by atoms with Crippen molar-refractivity contribution in [2.75, 3.05) is 0 Å². The van der Waals surface area contributed by atoms with Gasteiger partial charge in [0.15, 0.2) is 0 Å². The average Bonchev–Trinajstić information content (AvgIpc) is 2.29. The standard InChI is InChI=1S/C13H18N2O/c1-3-4-5-7-11(2)16-13-9-6-8-12(10-14)15-13/h3-6,8-9,11H,1,7,10,14H2,2H3/b5-4-. The maximum Gasteiger partial charge on any atom is 0.213 e. The van der Waals surface area contributed by atoms with E-state index in [9.17, 15) is 0 Å². The predicted molar refractivity (Wildman–Crippen MR) is 66.2 cm³/mol. The van der Waals surface area contributed by atoms with Crippen LogP contribution in [0.3, 0.4) is 0 Å². The Hall–Kier alpha value is -1.61. The summed E-state index contributed by atoms with van der Waals surface area (Å²) in [6.07, 6.45) is 6.60. The lowest BCUT2D eigenvalue weighted by molar-refractivity contribution is 0.215. The Bertz CT molecular complexity index is 361. The summed E-state index contributed by atoms with van der Waals surface area (Å²) in [5.74, 6) is 0.627. The molecule has 86 valence electrons. The van der Waals surface area contributed by atoms with Crippen molar-refractivity contribution in [3.05, 3.63) is 48.7 Å². The van der Waals surface area contributed by atoms with E-state index in [0.717, 1.165) is 12.1 Å². The molecule has 0 amide bonds. The molecule has 2 N–H and O–H groups in total. The Morgan fingerprint density at radius 2 is 2.38 bits per heavy atom. The van der Waals surface area contributed by atoms with Crippen LogP contribution in [0.1, 0.15) is 19.0 Å². The van der Waals surface area contributed by atoms with Crippen LogP contribution in [0.15, 0.2) is 43.0 Å². The summed E-state index contributed by atoms with van der Waals surface area (Å²) in [7, 11) is 0. The molecule has 0 aromatic carbocycles. The van der Waals surface area contributed by atoms with E-state index in [2.05, 4.69) is 11.6 Å². The molecule has 1 heterocycles. The summed E-state index contributed by atoms with van der Waals surface area (Å²) >= 11 is 0. The zero-order chi connectivity index (χ0) is 11.8. The van der Waals surface area contributed by atoms with Crippen LogP contribution in [0.4, 0.5) is 0 Å². The number of allylic oxidation sites excluding steroid dienone is 2. The minimum absolute atomic E-state index is 0.0942. The number of nitrogens with two attached hydrogens (primary N) is 1. The molecule has 3 nitrogen and oxygen atoms in total. The van der Waals surface area contributed by atoms with Crippen LogP contribution in [0.2, 0.25) is 0 Å². The van der Waals surface area contributed by atoms with Crippen molar-refractivity contribution in [3.63, 3.8) is 0 Å². The van der Waals surface area contributed by atoms with Gasteiger partial charge in [0, 0.05) is 19.0 Å². The molecule has 0 radical (unpaired) electrons. The minimum Gasteiger partial charge on any atom is -0.474 e. The van der Waals surface area contributed by atoms with Crippen LogP contribution < -0.4 is 10.5 Å². The van der Waals surface area contributed by atoms with Gasteiger partial charge in [-0.25, -0.2) is 4.98 Å². The summed E-state index contributed by atoms with van der Waals surface area (Å²) in [5.41, 5.74) is 6.35. The van der Waals surface area contributed by atoms with E-state index in [1.807, 2.05) is 37.3 Å². The molecule has 16 heavy (non-hydrogen) atoms. The summed E-state index contributed by atoms with van der Waals surface area (Å²) in [4.78, 5) is 4.27. The molecule has 3 heteroatoms. The highest BCUT2D eigenvalue weighted by Gasteiger charge is 2.03. The van der Waals surface area contributed by atoms with Crippen LogP contribution in [0, 0.1) is 0 Å². The first-order valence-electron chi connectivity index (χ1n) is 5.36. The van der Waals surface area contributed by atoms with Crippen molar-refractivity contribution in [1.82, 2.24) is 4.98 Å². The first-order chi connectivity index (χ1) is 7.76. The third-order valence-corrected chi connectivity index (χ3v) is 2.05. The van der Waals surface area contributed by atoms with Crippen molar-refractivity contribution in [2.45, 2.75) is 26.0 Å². The fourth-order valence-corrected chi connectivity index (χ4v) is 1.26. The zero-order valence-electron chi connectivity index (χ0n) is 9.60. The van der Waals surface area contributed by atoms with E-state index in [-0.39, 0.29) is 6.10 Å². The maximum absolute atomic E-state index is 5.65. The quantitative estimate of drug-likeness (QED) is 0.746. The van der Waals surface area contributed by atoms with Gasteiger partial charge in [-0.15, -0.1) is 0 Å². The van der Waals surface area contributed by atoms with E-state index in [0.29, 0.717) is 12.4 Å². The zero-order valence-corrected chi connectivity index (χ0v) is 9.60. The van der Waals surface area contributed by atoms with Gasteiger partial charge in [-0.1, -0.05) is 30.9 Å². The van der Waals surface area contributed by atoms with Gasteiger partial charge >= 0.3 is 0 Å². The van der Waals surface area contributed by atoms with Gasteiger partial charge in [0.25, 0.3) is 0 Å². The SMILES string of the molecule is C=C/C=C\CC(C)Oc1cccc(CN)n1. The van der Waals surface area contributed by atoms with Gasteiger partial charge in [0.2, 0.25) is 5.88 Å². The van der Waals surface area contributed by atoms with Crippen LogP contribution in [-0.2, 0) is 6.54 Å². The van der Waals surface area contributed by atoms with Crippen LogP contribution >= 0.6 is 0 Å². The summed E-state index contributed by atoms with van der Waals surface area (Å²) in [6, 6.07) is 5.62. The molecule has 0 bridgehead atoms. The highest BCUT2D eigenvalue weighted by Crippen LogP contribution is 2.11. The lowest BCUT2D eigenvalue weighted by Gasteiger charge is -2.12. The molecule has 1 atom stereocenters. The van der Waals surface area contributed by atoms with Crippen molar-refractivity contribution in [3.8, 4) is 5.88 Å². The molecular formula is C13H18N2O. The first-order valence-corrected chi connectivity index (χ1v) is 5.36. The summed E-state index contributed by atoms with van der Waals surface area (Å²) in [6.45, 7) is 6.05. The second kappa shape index (κ2) is 6.80. The minimum atomic E-state index is 0.0942. The second-order valence-electron chi connectivity index (χ2n) is 3.50. The Balaban J connectivity index is 2.51. The number of aromatic nitrogens is 1. The molecule has 0 aliphatic rings. The molecule has 1 unspecified atom stereocenters. The van der Waals surface area contributed by atoms with Gasteiger partial charge in [-0.3, -0.25) is 0 Å².